The van der Waals surface area contributed by atoms with Gasteiger partial charge in [0.2, 0.25) is 0 Å². The monoisotopic (exact) mass is 286 g/mol. The molecule has 0 aliphatic rings. The van der Waals surface area contributed by atoms with Gasteiger partial charge in [0.05, 0.1) is 17.7 Å². The van der Waals surface area contributed by atoms with E-state index in [1.54, 1.807) is 18.2 Å². The lowest BCUT2D eigenvalue weighted by molar-refractivity contribution is 0.112. The second-order valence-corrected chi connectivity index (χ2v) is 4.75. The Balaban J connectivity index is 2.15. The van der Waals surface area contributed by atoms with Crippen LogP contribution in [-0.4, -0.2) is 13.4 Å². The molecule has 3 nitrogen and oxygen atoms in total. The highest BCUT2D eigenvalue weighted by atomic mass is 35.5. The number of methoxy groups -OCH3 is 1. The second kappa shape index (κ2) is 5.02. The zero-order valence-corrected chi connectivity index (χ0v) is 11.5. The molecule has 0 atom stereocenters. The molecule has 3 aromatic rings. The first-order valence-corrected chi connectivity index (χ1v) is 6.42. The fourth-order valence-corrected chi connectivity index (χ4v) is 2.37. The maximum absolute atomic E-state index is 11.1. The predicted molar refractivity (Wildman–Crippen MR) is 78.6 cm³/mol. The van der Waals surface area contributed by atoms with Crippen molar-refractivity contribution in [3.63, 3.8) is 0 Å². The van der Waals surface area contributed by atoms with E-state index in [0.29, 0.717) is 27.7 Å². The quantitative estimate of drug-likeness (QED) is 0.662. The summed E-state index contributed by atoms with van der Waals surface area (Å²) in [6, 6.07) is 12.8. The average Bonchev–Trinajstić information content (AvgIpc) is 2.92. The summed E-state index contributed by atoms with van der Waals surface area (Å²) in [7, 11) is 1.53. The van der Waals surface area contributed by atoms with E-state index in [1.807, 2.05) is 24.3 Å². The van der Waals surface area contributed by atoms with E-state index in [0.717, 1.165) is 17.2 Å². The summed E-state index contributed by atoms with van der Waals surface area (Å²) in [6.45, 7) is 0. The van der Waals surface area contributed by atoms with Crippen molar-refractivity contribution in [3.8, 4) is 17.1 Å². The molecule has 0 saturated carbocycles. The van der Waals surface area contributed by atoms with Gasteiger partial charge in [-0.25, -0.2) is 0 Å². The molecule has 0 aliphatic carbocycles. The van der Waals surface area contributed by atoms with Crippen LogP contribution in [0.25, 0.3) is 22.3 Å². The molecule has 0 amide bonds. The third-order valence-corrected chi connectivity index (χ3v) is 3.43. The van der Waals surface area contributed by atoms with Gasteiger partial charge >= 0.3 is 0 Å². The van der Waals surface area contributed by atoms with E-state index < -0.39 is 0 Å². The molecule has 100 valence electrons. The van der Waals surface area contributed by atoms with Crippen LogP contribution in [0.4, 0.5) is 0 Å². The molecular weight excluding hydrogens is 276 g/mol. The van der Waals surface area contributed by atoms with Crippen LogP contribution < -0.4 is 4.74 Å². The molecule has 0 spiro atoms. The van der Waals surface area contributed by atoms with Crippen molar-refractivity contribution in [3.05, 3.63) is 53.1 Å². The molecule has 4 heteroatoms. The minimum atomic E-state index is 0.483. The van der Waals surface area contributed by atoms with E-state index in [9.17, 15) is 4.79 Å². The van der Waals surface area contributed by atoms with Crippen molar-refractivity contribution in [2.45, 2.75) is 0 Å². The molecule has 3 rings (SSSR count). The van der Waals surface area contributed by atoms with Crippen molar-refractivity contribution in [1.82, 2.24) is 0 Å². The number of ether oxygens (including phenoxy) is 1. The lowest BCUT2D eigenvalue weighted by Gasteiger charge is -2.04. The molecule has 1 heterocycles. The number of hydrogen-bond donors (Lipinski definition) is 0. The van der Waals surface area contributed by atoms with Crippen LogP contribution in [0.3, 0.4) is 0 Å². The summed E-state index contributed by atoms with van der Waals surface area (Å²) in [5.74, 6) is 1.21. The number of carbonyl (C=O) groups is 1. The van der Waals surface area contributed by atoms with Gasteiger partial charge in [0.1, 0.15) is 11.5 Å². The summed E-state index contributed by atoms with van der Waals surface area (Å²) in [5.41, 5.74) is 1.93. The zero-order valence-electron chi connectivity index (χ0n) is 10.7. The lowest BCUT2D eigenvalue weighted by atomic mass is 10.1. The van der Waals surface area contributed by atoms with E-state index >= 15 is 0 Å². The first kappa shape index (κ1) is 12.8. The minimum Gasteiger partial charge on any atom is -0.496 e. The van der Waals surface area contributed by atoms with E-state index in [2.05, 4.69) is 0 Å². The number of furan rings is 1. The van der Waals surface area contributed by atoms with Gasteiger partial charge in [-0.2, -0.15) is 0 Å². The van der Waals surface area contributed by atoms with Crippen molar-refractivity contribution in [2.75, 3.05) is 7.11 Å². The number of benzene rings is 2. The van der Waals surface area contributed by atoms with Crippen LogP contribution in [0.2, 0.25) is 5.02 Å². The first-order valence-electron chi connectivity index (χ1n) is 6.04. The molecule has 0 bridgehead atoms. The summed E-state index contributed by atoms with van der Waals surface area (Å²) in [6.07, 6.45) is 0.762. The lowest BCUT2D eigenvalue weighted by Crippen LogP contribution is -1.90. The number of carbonyl (C=O) groups excluding carboxylic acids is 1. The molecular formula is C16H11ClO3. The number of aldehydes is 1. The SMILES string of the molecule is COc1ccc(-c2cc3cccc(Cl)c3o2)cc1C=O. The van der Waals surface area contributed by atoms with Gasteiger partial charge in [-0.05, 0) is 30.3 Å². The molecule has 0 N–H and O–H groups in total. The van der Waals surface area contributed by atoms with Crippen LogP contribution in [0, 0.1) is 0 Å². The second-order valence-electron chi connectivity index (χ2n) is 4.34. The van der Waals surface area contributed by atoms with Gasteiger partial charge in [0.25, 0.3) is 0 Å². The van der Waals surface area contributed by atoms with E-state index in [-0.39, 0.29) is 0 Å². The Morgan fingerprint density at radius 3 is 2.75 bits per heavy atom. The Morgan fingerprint density at radius 2 is 2.05 bits per heavy atom. The summed E-state index contributed by atoms with van der Waals surface area (Å²) in [5, 5.41) is 1.49. The molecule has 0 aliphatic heterocycles. The number of rotatable bonds is 3. The molecule has 0 unspecified atom stereocenters. The Hall–Kier alpha value is -2.26. The number of para-hydroxylation sites is 1. The highest BCUT2D eigenvalue weighted by molar-refractivity contribution is 6.34. The van der Waals surface area contributed by atoms with Gasteiger partial charge in [0.15, 0.2) is 11.9 Å². The number of fused-ring (bicyclic) bond motifs is 1. The highest BCUT2D eigenvalue weighted by Gasteiger charge is 2.11. The molecule has 20 heavy (non-hydrogen) atoms. The standard InChI is InChI=1S/C16H11ClO3/c1-19-14-6-5-10(7-12(14)9-18)15-8-11-3-2-4-13(17)16(11)20-15/h2-9H,1H3. The highest BCUT2D eigenvalue weighted by Crippen LogP contribution is 2.33. The van der Waals surface area contributed by atoms with Crippen molar-refractivity contribution >= 4 is 28.9 Å². The number of hydrogen-bond acceptors (Lipinski definition) is 3. The van der Waals surface area contributed by atoms with Crippen LogP contribution in [0.5, 0.6) is 5.75 Å². The summed E-state index contributed by atoms with van der Waals surface area (Å²) >= 11 is 6.09. The number of halogens is 1. The van der Waals surface area contributed by atoms with Crippen LogP contribution >= 0.6 is 11.6 Å². The van der Waals surface area contributed by atoms with Crippen molar-refractivity contribution < 1.29 is 13.9 Å². The normalized spacial score (nSPS) is 10.7. The third-order valence-electron chi connectivity index (χ3n) is 3.14. The van der Waals surface area contributed by atoms with Gasteiger partial charge < -0.3 is 9.15 Å². The summed E-state index contributed by atoms with van der Waals surface area (Å²) < 4.78 is 10.9. The van der Waals surface area contributed by atoms with Crippen LogP contribution in [-0.2, 0) is 0 Å². The minimum absolute atomic E-state index is 0.483. The summed E-state index contributed by atoms with van der Waals surface area (Å²) in [4.78, 5) is 11.1. The molecule has 2 aromatic carbocycles. The van der Waals surface area contributed by atoms with E-state index in [1.165, 1.54) is 7.11 Å². The molecule has 1 aromatic heterocycles. The average molecular weight is 287 g/mol. The zero-order chi connectivity index (χ0) is 14.1. The fourth-order valence-electron chi connectivity index (χ4n) is 2.15. The van der Waals surface area contributed by atoms with Gasteiger partial charge in [0, 0.05) is 10.9 Å². The Labute approximate surface area is 120 Å². The molecule has 0 saturated heterocycles. The van der Waals surface area contributed by atoms with Crippen LogP contribution in [0.15, 0.2) is 46.9 Å². The van der Waals surface area contributed by atoms with Gasteiger partial charge in [-0.15, -0.1) is 0 Å². The predicted octanol–water partition coefficient (Wildman–Crippen LogP) is 4.57. The van der Waals surface area contributed by atoms with Crippen LogP contribution in [0.1, 0.15) is 10.4 Å². The van der Waals surface area contributed by atoms with Gasteiger partial charge in [-0.1, -0.05) is 23.7 Å². The Kier molecular flexibility index (Phi) is 3.20. The molecule has 0 radical (unpaired) electrons. The van der Waals surface area contributed by atoms with Crippen molar-refractivity contribution in [2.24, 2.45) is 0 Å². The van der Waals surface area contributed by atoms with E-state index in [4.69, 9.17) is 20.8 Å². The first-order chi connectivity index (χ1) is 9.72. The van der Waals surface area contributed by atoms with Gasteiger partial charge in [-0.3, -0.25) is 4.79 Å². The Morgan fingerprint density at radius 1 is 1.20 bits per heavy atom. The third kappa shape index (κ3) is 2.06. The fraction of sp³-hybridized carbons (Fsp3) is 0.0625. The largest absolute Gasteiger partial charge is 0.496 e. The maximum atomic E-state index is 11.1. The molecule has 0 fully saturated rings. The smallest absolute Gasteiger partial charge is 0.153 e. The Bertz CT molecular complexity index is 790. The topological polar surface area (TPSA) is 39.4 Å². The maximum Gasteiger partial charge on any atom is 0.153 e. The van der Waals surface area contributed by atoms with Crippen molar-refractivity contribution in [1.29, 1.82) is 0 Å².